The lowest BCUT2D eigenvalue weighted by Gasteiger charge is -2.03. The van der Waals surface area contributed by atoms with Crippen molar-refractivity contribution in [1.29, 1.82) is 0 Å². The predicted octanol–water partition coefficient (Wildman–Crippen LogP) is 3.91. The number of aryl methyl sites for hydroxylation is 2. The largest absolute Gasteiger partial charge is 0.298 e. The number of para-hydroxylation sites is 1. The predicted molar refractivity (Wildman–Crippen MR) is 97.6 cm³/mol. The molecule has 0 aliphatic heterocycles. The lowest BCUT2D eigenvalue weighted by Crippen LogP contribution is -2.07. The third-order valence-electron chi connectivity index (χ3n) is 3.60. The van der Waals surface area contributed by atoms with E-state index < -0.39 is 0 Å². The van der Waals surface area contributed by atoms with E-state index in [1.165, 1.54) is 17.4 Å². The van der Waals surface area contributed by atoms with Crippen LogP contribution in [-0.2, 0) is 4.79 Å². The molecule has 0 atom stereocenters. The van der Waals surface area contributed by atoms with Gasteiger partial charge in [-0.1, -0.05) is 18.2 Å². The molecule has 0 bridgehead atoms. The molecule has 0 aliphatic carbocycles. The zero-order valence-electron chi connectivity index (χ0n) is 13.8. The highest BCUT2D eigenvalue weighted by atomic mass is 32.1. The maximum absolute atomic E-state index is 12.0. The van der Waals surface area contributed by atoms with E-state index in [9.17, 15) is 4.79 Å². The minimum atomic E-state index is -0.199. The first-order chi connectivity index (χ1) is 11.5. The molecule has 3 aromatic rings. The quantitative estimate of drug-likeness (QED) is 0.734. The molecule has 5 nitrogen and oxygen atoms in total. The first-order valence-electron chi connectivity index (χ1n) is 7.58. The summed E-state index contributed by atoms with van der Waals surface area (Å²) in [5.41, 5.74) is 3.82. The third-order valence-corrected chi connectivity index (χ3v) is 4.43. The van der Waals surface area contributed by atoms with Crippen molar-refractivity contribution in [3.63, 3.8) is 0 Å². The number of benzene rings is 1. The Bertz CT molecular complexity index is 893. The SMILES string of the molecule is Cc1cnc(NC(=O)C=Cc2c(C)nn(-c3ccccc3)c2C)s1. The molecule has 1 aromatic carbocycles. The summed E-state index contributed by atoms with van der Waals surface area (Å²) in [5, 5.41) is 7.94. The summed E-state index contributed by atoms with van der Waals surface area (Å²) in [4.78, 5) is 17.2. The summed E-state index contributed by atoms with van der Waals surface area (Å²) in [5.74, 6) is -0.199. The molecule has 1 N–H and O–H groups in total. The second-order valence-corrected chi connectivity index (χ2v) is 6.67. The van der Waals surface area contributed by atoms with Gasteiger partial charge in [0.25, 0.3) is 0 Å². The Morgan fingerprint density at radius 1 is 1.21 bits per heavy atom. The summed E-state index contributed by atoms with van der Waals surface area (Å²) in [6.07, 6.45) is 5.05. The van der Waals surface area contributed by atoms with Crippen LogP contribution >= 0.6 is 11.3 Å². The van der Waals surface area contributed by atoms with Crippen molar-refractivity contribution >= 4 is 28.5 Å². The minimum absolute atomic E-state index is 0.199. The molecule has 1 amide bonds. The van der Waals surface area contributed by atoms with Crippen LogP contribution in [0.1, 0.15) is 21.8 Å². The zero-order valence-corrected chi connectivity index (χ0v) is 14.6. The third kappa shape index (κ3) is 3.44. The minimum Gasteiger partial charge on any atom is -0.298 e. The summed E-state index contributed by atoms with van der Waals surface area (Å²) < 4.78 is 1.89. The number of thiazole rings is 1. The van der Waals surface area contributed by atoms with Crippen LogP contribution in [0.3, 0.4) is 0 Å². The average Bonchev–Trinajstić information content (AvgIpc) is 3.10. The van der Waals surface area contributed by atoms with Crippen molar-refractivity contribution in [2.45, 2.75) is 20.8 Å². The molecule has 0 fully saturated rings. The van der Waals surface area contributed by atoms with E-state index >= 15 is 0 Å². The molecule has 3 rings (SSSR count). The molecule has 2 aromatic heterocycles. The van der Waals surface area contributed by atoms with Gasteiger partial charge in [-0.15, -0.1) is 11.3 Å². The van der Waals surface area contributed by atoms with Crippen molar-refractivity contribution in [2.75, 3.05) is 5.32 Å². The van der Waals surface area contributed by atoms with Crippen LogP contribution in [0, 0.1) is 20.8 Å². The van der Waals surface area contributed by atoms with Gasteiger partial charge in [0.15, 0.2) is 5.13 Å². The van der Waals surface area contributed by atoms with Crippen LogP contribution in [0.2, 0.25) is 0 Å². The summed E-state index contributed by atoms with van der Waals surface area (Å²) >= 11 is 1.45. The summed E-state index contributed by atoms with van der Waals surface area (Å²) in [6.45, 7) is 5.89. The van der Waals surface area contributed by atoms with Gasteiger partial charge in [0.1, 0.15) is 0 Å². The number of anilines is 1. The molecule has 0 spiro atoms. The van der Waals surface area contributed by atoms with Crippen LogP contribution in [0.4, 0.5) is 5.13 Å². The molecule has 122 valence electrons. The Morgan fingerprint density at radius 3 is 2.62 bits per heavy atom. The number of nitrogens with zero attached hydrogens (tertiary/aromatic N) is 3. The molecule has 0 aliphatic rings. The normalized spacial score (nSPS) is 11.1. The number of hydrogen-bond donors (Lipinski definition) is 1. The van der Waals surface area contributed by atoms with Crippen LogP contribution in [-0.4, -0.2) is 20.7 Å². The van der Waals surface area contributed by atoms with Crippen molar-refractivity contribution in [3.8, 4) is 5.69 Å². The lowest BCUT2D eigenvalue weighted by atomic mass is 10.2. The molecule has 2 heterocycles. The smallest absolute Gasteiger partial charge is 0.250 e. The maximum Gasteiger partial charge on any atom is 0.250 e. The van der Waals surface area contributed by atoms with Gasteiger partial charge in [0.2, 0.25) is 5.91 Å². The zero-order chi connectivity index (χ0) is 17.1. The number of aromatic nitrogens is 3. The van der Waals surface area contributed by atoms with Crippen LogP contribution in [0.25, 0.3) is 11.8 Å². The fourth-order valence-corrected chi connectivity index (χ4v) is 3.10. The van der Waals surface area contributed by atoms with Crippen molar-refractivity contribution in [1.82, 2.24) is 14.8 Å². The lowest BCUT2D eigenvalue weighted by molar-refractivity contribution is -0.111. The van der Waals surface area contributed by atoms with Crippen LogP contribution < -0.4 is 5.32 Å². The van der Waals surface area contributed by atoms with Gasteiger partial charge in [-0.05, 0) is 39.0 Å². The van der Waals surface area contributed by atoms with Crippen molar-refractivity contribution in [3.05, 3.63) is 64.4 Å². The van der Waals surface area contributed by atoms with Gasteiger partial charge in [-0.3, -0.25) is 10.1 Å². The first-order valence-corrected chi connectivity index (χ1v) is 8.39. The fraction of sp³-hybridized carbons (Fsp3) is 0.167. The number of amides is 1. The van der Waals surface area contributed by atoms with Gasteiger partial charge in [0.05, 0.1) is 11.4 Å². The molecular formula is C18H18N4OS. The van der Waals surface area contributed by atoms with Crippen LogP contribution in [0.15, 0.2) is 42.6 Å². The molecule has 24 heavy (non-hydrogen) atoms. The maximum atomic E-state index is 12.0. The molecule has 6 heteroatoms. The average molecular weight is 338 g/mol. The van der Waals surface area contributed by atoms with Crippen molar-refractivity contribution < 1.29 is 4.79 Å². The van der Waals surface area contributed by atoms with Gasteiger partial charge in [-0.25, -0.2) is 9.67 Å². The van der Waals surface area contributed by atoms with Gasteiger partial charge < -0.3 is 0 Å². The van der Waals surface area contributed by atoms with Gasteiger partial charge in [0, 0.05) is 28.4 Å². The van der Waals surface area contributed by atoms with E-state index in [-0.39, 0.29) is 5.91 Å². The molecule has 0 unspecified atom stereocenters. The van der Waals surface area contributed by atoms with Crippen molar-refractivity contribution in [2.24, 2.45) is 0 Å². The highest BCUT2D eigenvalue weighted by Crippen LogP contribution is 2.20. The Labute approximate surface area is 144 Å². The first kappa shape index (κ1) is 16.1. The van der Waals surface area contributed by atoms with E-state index in [0.29, 0.717) is 5.13 Å². The van der Waals surface area contributed by atoms with Gasteiger partial charge in [-0.2, -0.15) is 5.10 Å². The number of nitrogens with one attached hydrogen (secondary N) is 1. The van der Waals surface area contributed by atoms with E-state index in [1.807, 2.05) is 55.8 Å². The number of hydrogen-bond acceptors (Lipinski definition) is 4. The number of carbonyl (C=O) groups excluding carboxylic acids is 1. The summed E-state index contributed by atoms with van der Waals surface area (Å²) in [7, 11) is 0. The standard InChI is InChI=1S/C18H18N4OS/c1-12-11-19-18(24-12)20-17(23)10-9-16-13(2)21-22(14(16)3)15-7-5-4-6-8-15/h4-11H,1-3H3,(H,19,20,23). The van der Waals surface area contributed by atoms with E-state index in [1.54, 1.807) is 12.3 Å². The van der Waals surface area contributed by atoms with E-state index in [2.05, 4.69) is 15.4 Å². The second-order valence-electron chi connectivity index (χ2n) is 5.43. The van der Waals surface area contributed by atoms with Crippen LogP contribution in [0.5, 0.6) is 0 Å². The number of rotatable bonds is 4. The Balaban J connectivity index is 1.80. The Hall–Kier alpha value is -2.73. The molecular weight excluding hydrogens is 320 g/mol. The molecule has 0 radical (unpaired) electrons. The Morgan fingerprint density at radius 2 is 1.96 bits per heavy atom. The Kier molecular flexibility index (Phi) is 4.57. The molecule has 0 saturated heterocycles. The highest BCUT2D eigenvalue weighted by Gasteiger charge is 2.11. The van der Waals surface area contributed by atoms with E-state index in [0.717, 1.165) is 27.5 Å². The second kappa shape index (κ2) is 6.80. The highest BCUT2D eigenvalue weighted by molar-refractivity contribution is 7.15. The fourth-order valence-electron chi connectivity index (χ4n) is 2.44. The van der Waals surface area contributed by atoms with E-state index in [4.69, 9.17) is 0 Å². The van der Waals surface area contributed by atoms with Gasteiger partial charge >= 0.3 is 0 Å². The monoisotopic (exact) mass is 338 g/mol. The number of carbonyl (C=O) groups is 1. The molecule has 0 saturated carbocycles. The topological polar surface area (TPSA) is 59.8 Å². The summed E-state index contributed by atoms with van der Waals surface area (Å²) in [6, 6.07) is 9.94.